The number of carbonyl (C=O) groups is 1. The van der Waals surface area contributed by atoms with E-state index in [0.717, 1.165) is 39.0 Å². The molecule has 0 unspecified atom stereocenters. The number of likely N-dealkylation sites (tertiary alicyclic amines) is 1. The van der Waals surface area contributed by atoms with Crippen LogP contribution in [-0.2, 0) is 4.74 Å². The Balaban J connectivity index is 1.63. The second-order valence-corrected chi connectivity index (χ2v) is 8.56. The van der Waals surface area contributed by atoms with Gasteiger partial charge in [0.1, 0.15) is 5.60 Å². The Morgan fingerprint density at radius 2 is 1.82 bits per heavy atom. The lowest BCUT2D eigenvalue weighted by molar-refractivity contribution is 0.0183. The van der Waals surface area contributed by atoms with Crippen LogP contribution in [0.4, 0.5) is 4.79 Å². The van der Waals surface area contributed by atoms with E-state index in [0.29, 0.717) is 11.3 Å². The molecule has 0 aromatic carbocycles. The molecule has 1 amide bonds. The topological polar surface area (TPSA) is 41.6 Å². The molecule has 22 heavy (non-hydrogen) atoms. The summed E-state index contributed by atoms with van der Waals surface area (Å²) in [5.41, 5.74) is 0.128. The van der Waals surface area contributed by atoms with Crippen molar-refractivity contribution in [3.63, 3.8) is 0 Å². The lowest BCUT2D eigenvalue weighted by atomic mass is 9.88. The molecular formula is C18H34N2O2. The molecule has 1 heterocycles. The molecular weight excluding hydrogens is 276 g/mol. The Kier molecular flexibility index (Phi) is 5.76. The molecule has 2 rings (SSSR count). The zero-order valence-electron chi connectivity index (χ0n) is 14.9. The Hall–Kier alpha value is -0.770. The molecule has 128 valence electrons. The van der Waals surface area contributed by atoms with Crippen molar-refractivity contribution in [2.24, 2.45) is 11.3 Å². The summed E-state index contributed by atoms with van der Waals surface area (Å²) in [5.74, 6) is 0.698. The van der Waals surface area contributed by atoms with Crippen molar-refractivity contribution >= 4 is 6.09 Å². The molecule has 4 heteroatoms. The van der Waals surface area contributed by atoms with Crippen molar-refractivity contribution in [1.29, 1.82) is 0 Å². The average molecular weight is 310 g/mol. The molecule has 2 aliphatic rings. The second-order valence-electron chi connectivity index (χ2n) is 8.56. The number of ether oxygens (including phenoxy) is 1. The van der Waals surface area contributed by atoms with Gasteiger partial charge in [0.2, 0.25) is 0 Å². The first-order valence-corrected chi connectivity index (χ1v) is 8.96. The summed E-state index contributed by atoms with van der Waals surface area (Å²) in [4.78, 5) is 13.9. The number of hydrogen-bond acceptors (Lipinski definition) is 3. The quantitative estimate of drug-likeness (QED) is 0.858. The van der Waals surface area contributed by atoms with Crippen LogP contribution >= 0.6 is 0 Å². The fourth-order valence-corrected chi connectivity index (χ4v) is 3.63. The van der Waals surface area contributed by atoms with Crippen molar-refractivity contribution in [3.8, 4) is 0 Å². The lowest BCUT2D eigenvalue weighted by Crippen LogP contribution is -2.43. The van der Waals surface area contributed by atoms with Crippen LogP contribution < -0.4 is 5.32 Å². The molecule has 1 saturated carbocycles. The summed E-state index contributed by atoms with van der Waals surface area (Å²) < 4.78 is 5.45. The molecule has 2 fully saturated rings. The van der Waals surface area contributed by atoms with Gasteiger partial charge in [-0.05, 0) is 64.3 Å². The van der Waals surface area contributed by atoms with Gasteiger partial charge in [0, 0.05) is 19.6 Å². The minimum absolute atomic E-state index is 0.155. The largest absolute Gasteiger partial charge is 0.444 e. The summed E-state index contributed by atoms with van der Waals surface area (Å²) >= 11 is 0. The van der Waals surface area contributed by atoms with Crippen LogP contribution in [-0.4, -0.2) is 42.8 Å². The Bertz CT molecular complexity index is 362. The summed E-state index contributed by atoms with van der Waals surface area (Å²) in [6, 6.07) is 0. The fourth-order valence-electron chi connectivity index (χ4n) is 3.63. The number of amides is 1. The second kappa shape index (κ2) is 7.20. The zero-order chi connectivity index (χ0) is 16.2. The number of carbonyl (C=O) groups excluding carboxylic acids is 1. The van der Waals surface area contributed by atoms with Crippen molar-refractivity contribution in [2.75, 3.05) is 26.2 Å². The van der Waals surface area contributed by atoms with Crippen molar-refractivity contribution in [2.45, 2.75) is 71.8 Å². The van der Waals surface area contributed by atoms with Gasteiger partial charge in [-0.1, -0.05) is 19.8 Å². The van der Waals surface area contributed by atoms with E-state index in [1.165, 1.54) is 25.7 Å². The minimum atomic E-state index is -0.397. The van der Waals surface area contributed by atoms with Gasteiger partial charge >= 0.3 is 6.09 Å². The molecule has 1 N–H and O–H groups in total. The van der Waals surface area contributed by atoms with E-state index in [4.69, 9.17) is 4.74 Å². The Morgan fingerprint density at radius 1 is 1.23 bits per heavy atom. The van der Waals surface area contributed by atoms with Crippen LogP contribution in [0.15, 0.2) is 0 Å². The van der Waals surface area contributed by atoms with Gasteiger partial charge in [0.25, 0.3) is 0 Å². The normalized spacial score (nSPS) is 22.8. The number of nitrogens with one attached hydrogen (secondary N) is 1. The van der Waals surface area contributed by atoms with Crippen LogP contribution in [0.3, 0.4) is 0 Å². The van der Waals surface area contributed by atoms with Crippen LogP contribution in [0.1, 0.15) is 66.2 Å². The predicted molar refractivity (Wildman–Crippen MR) is 90.0 cm³/mol. The van der Waals surface area contributed by atoms with Gasteiger partial charge in [-0.25, -0.2) is 4.79 Å². The van der Waals surface area contributed by atoms with Gasteiger partial charge in [0.05, 0.1) is 0 Å². The third kappa shape index (κ3) is 5.45. The van der Waals surface area contributed by atoms with Crippen molar-refractivity contribution in [1.82, 2.24) is 10.2 Å². The van der Waals surface area contributed by atoms with Crippen molar-refractivity contribution < 1.29 is 9.53 Å². The van der Waals surface area contributed by atoms with Crippen LogP contribution in [0.2, 0.25) is 0 Å². The molecule has 0 atom stereocenters. The number of hydrogen-bond donors (Lipinski definition) is 1. The highest BCUT2D eigenvalue weighted by Gasteiger charge is 2.29. The van der Waals surface area contributed by atoms with Crippen LogP contribution in [0.25, 0.3) is 0 Å². The molecule has 1 aliphatic carbocycles. The van der Waals surface area contributed by atoms with Gasteiger partial charge in [-0.15, -0.1) is 0 Å². The fraction of sp³-hybridized carbons (Fsp3) is 0.944. The van der Waals surface area contributed by atoms with E-state index in [1.54, 1.807) is 0 Å². The molecule has 0 bridgehead atoms. The van der Waals surface area contributed by atoms with Crippen LogP contribution in [0, 0.1) is 11.3 Å². The third-order valence-electron chi connectivity index (χ3n) is 5.06. The van der Waals surface area contributed by atoms with E-state index < -0.39 is 5.60 Å². The standard InChI is InChI=1S/C18H34N2O2/c1-17(2,3)22-16(21)20-11-7-15(8-12-20)13-19-14-18(4)9-5-6-10-18/h15,19H,5-14H2,1-4H3. The molecule has 0 spiro atoms. The first kappa shape index (κ1) is 17.6. The predicted octanol–water partition coefficient (Wildman–Crippen LogP) is 3.80. The molecule has 0 radical (unpaired) electrons. The third-order valence-corrected chi connectivity index (χ3v) is 5.06. The first-order chi connectivity index (χ1) is 10.3. The van der Waals surface area contributed by atoms with Gasteiger partial charge in [0.15, 0.2) is 0 Å². The summed E-state index contributed by atoms with van der Waals surface area (Å²) in [6.45, 7) is 12.1. The SMILES string of the molecule is CC1(CNCC2CCN(C(=O)OC(C)(C)C)CC2)CCCC1. The first-order valence-electron chi connectivity index (χ1n) is 8.96. The summed E-state index contributed by atoms with van der Waals surface area (Å²) in [7, 11) is 0. The Labute approximate surface area is 136 Å². The lowest BCUT2D eigenvalue weighted by Gasteiger charge is -2.34. The van der Waals surface area contributed by atoms with E-state index >= 15 is 0 Å². The Morgan fingerprint density at radius 3 is 2.36 bits per heavy atom. The zero-order valence-corrected chi connectivity index (χ0v) is 14.9. The minimum Gasteiger partial charge on any atom is -0.444 e. The summed E-state index contributed by atoms with van der Waals surface area (Å²) in [5, 5.41) is 3.69. The molecule has 1 aliphatic heterocycles. The van der Waals surface area contributed by atoms with Gasteiger partial charge < -0.3 is 15.0 Å². The van der Waals surface area contributed by atoms with E-state index in [9.17, 15) is 4.79 Å². The maximum absolute atomic E-state index is 12.0. The molecule has 0 aromatic rings. The maximum atomic E-state index is 12.0. The molecule has 1 saturated heterocycles. The van der Waals surface area contributed by atoms with Gasteiger partial charge in [-0.2, -0.15) is 0 Å². The van der Waals surface area contributed by atoms with E-state index in [-0.39, 0.29) is 6.09 Å². The molecule has 4 nitrogen and oxygen atoms in total. The smallest absolute Gasteiger partial charge is 0.410 e. The highest BCUT2D eigenvalue weighted by atomic mass is 16.6. The average Bonchev–Trinajstić information content (AvgIpc) is 2.84. The van der Waals surface area contributed by atoms with Crippen molar-refractivity contribution in [3.05, 3.63) is 0 Å². The summed E-state index contributed by atoms with van der Waals surface area (Å²) in [6.07, 6.45) is 7.55. The number of piperidine rings is 1. The van der Waals surface area contributed by atoms with Gasteiger partial charge in [-0.3, -0.25) is 0 Å². The highest BCUT2D eigenvalue weighted by molar-refractivity contribution is 5.68. The monoisotopic (exact) mass is 310 g/mol. The van der Waals surface area contributed by atoms with Crippen LogP contribution in [0.5, 0.6) is 0 Å². The maximum Gasteiger partial charge on any atom is 0.410 e. The number of nitrogens with zero attached hydrogens (tertiary/aromatic N) is 1. The number of rotatable bonds is 4. The molecule has 0 aromatic heterocycles. The highest BCUT2D eigenvalue weighted by Crippen LogP contribution is 2.36. The van der Waals surface area contributed by atoms with E-state index in [2.05, 4.69) is 12.2 Å². The van der Waals surface area contributed by atoms with E-state index in [1.807, 2.05) is 25.7 Å².